The molecule has 2 aromatic heterocycles. The van der Waals surface area contributed by atoms with E-state index in [-0.39, 0.29) is 12.1 Å². The summed E-state index contributed by atoms with van der Waals surface area (Å²) >= 11 is 0. The Balaban J connectivity index is 1.40. The number of hydrogen-bond acceptors (Lipinski definition) is 6. The number of rotatable bonds is 8. The van der Waals surface area contributed by atoms with Crippen LogP contribution in [0.4, 0.5) is 4.79 Å². The SMILES string of the molecule is COc1cccc(OCCn2cc(C=C3C(=O)NC(=O)N(Cc4ccco4)C3=O)c3ccccc32)c1. The maximum absolute atomic E-state index is 13.1. The Bertz CT molecular complexity index is 1470. The average Bonchev–Trinajstić information content (AvgIpc) is 3.53. The molecule has 0 radical (unpaired) electrons. The molecule has 1 N–H and O–H groups in total. The first-order valence-electron chi connectivity index (χ1n) is 11.3. The van der Waals surface area contributed by atoms with E-state index in [1.165, 1.54) is 12.3 Å². The molecule has 0 unspecified atom stereocenters. The third kappa shape index (κ3) is 4.58. The number of ether oxygens (including phenoxy) is 2. The van der Waals surface area contributed by atoms with E-state index in [1.54, 1.807) is 19.2 Å². The first-order chi connectivity index (χ1) is 17.5. The van der Waals surface area contributed by atoms with E-state index in [2.05, 4.69) is 5.32 Å². The van der Waals surface area contributed by atoms with E-state index >= 15 is 0 Å². The lowest BCUT2D eigenvalue weighted by Crippen LogP contribution is -2.53. The largest absolute Gasteiger partial charge is 0.497 e. The second-order valence-corrected chi connectivity index (χ2v) is 8.11. The highest BCUT2D eigenvalue weighted by atomic mass is 16.5. The monoisotopic (exact) mass is 485 g/mol. The van der Waals surface area contributed by atoms with E-state index in [0.717, 1.165) is 15.8 Å². The van der Waals surface area contributed by atoms with Gasteiger partial charge in [-0.3, -0.25) is 19.8 Å². The van der Waals surface area contributed by atoms with Crippen LogP contribution >= 0.6 is 0 Å². The van der Waals surface area contributed by atoms with Crippen molar-refractivity contribution in [3.05, 3.63) is 90.0 Å². The number of aromatic nitrogens is 1. The minimum absolute atomic E-state index is 0.0777. The van der Waals surface area contributed by atoms with Crippen LogP contribution in [0.3, 0.4) is 0 Å². The van der Waals surface area contributed by atoms with E-state index < -0.39 is 17.8 Å². The summed E-state index contributed by atoms with van der Waals surface area (Å²) in [4.78, 5) is 38.9. The predicted octanol–water partition coefficient (Wildman–Crippen LogP) is 3.98. The molecule has 182 valence electrons. The summed E-state index contributed by atoms with van der Waals surface area (Å²) in [5.74, 6) is 0.416. The van der Waals surface area contributed by atoms with Crippen LogP contribution in [0.25, 0.3) is 17.0 Å². The molecule has 4 amide bonds. The van der Waals surface area contributed by atoms with Gasteiger partial charge in [0.25, 0.3) is 11.8 Å². The van der Waals surface area contributed by atoms with Gasteiger partial charge in [0.05, 0.1) is 26.5 Å². The number of furan rings is 1. The molecule has 0 bridgehead atoms. The Kier molecular flexibility index (Phi) is 6.27. The lowest BCUT2D eigenvalue weighted by Gasteiger charge is -2.25. The molecule has 0 aliphatic carbocycles. The number of nitrogens with zero attached hydrogens (tertiary/aromatic N) is 2. The first-order valence-corrected chi connectivity index (χ1v) is 11.3. The molecule has 0 saturated carbocycles. The van der Waals surface area contributed by atoms with Gasteiger partial charge in [-0.15, -0.1) is 0 Å². The number of benzene rings is 2. The van der Waals surface area contributed by atoms with Crippen LogP contribution < -0.4 is 14.8 Å². The molecule has 3 heterocycles. The van der Waals surface area contributed by atoms with Gasteiger partial charge in [0, 0.05) is 28.7 Å². The predicted molar refractivity (Wildman–Crippen MR) is 131 cm³/mol. The zero-order chi connectivity index (χ0) is 25.1. The third-order valence-corrected chi connectivity index (χ3v) is 5.84. The molecule has 1 aliphatic heterocycles. The van der Waals surface area contributed by atoms with Gasteiger partial charge >= 0.3 is 6.03 Å². The van der Waals surface area contributed by atoms with Crippen molar-refractivity contribution in [3.8, 4) is 11.5 Å². The highest BCUT2D eigenvalue weighted by Crippen LogP contribution is 2.26. The van der Waals surface area contributed by atoms with Crippen LogP contribution in [0.2, 0.25) is 0 Å². The van der Waals surface area contributed by atoms with E-state index in [9.17, 15) is 14.4 Å². The molecule has 1 aliphatic rings. The maximum atomic E-state index is 13.1. The van der Waals surface area contributed by atoms with Gasteiger partial charge in [-0.1, -0.05) is 24.3 Å². The molecule has 1 fully saturated rings. The molecule has 36 heavy (non-hydrogen) atoms. The van der Waals surface area contributed by atoms with Crippen molar-refractivity contribution in [1.29, 1.82) is 0 Å². The quantitative estimate of drug-likeness (QED) is 0.299. The Morgan fingerprint density at radius 1 is 1.00 bits per heavy atom. The summed E-state index contributed by atoms with van der Waals surface area (Å²) in [7, 11) is 1.60. The van der Waals surface area contributed by atoms with Crippen molar-refractivity contribution < 1.29 is 28.3 Å². The molecule has 2 aromatic carbocycles. The van der Waals surface area contributed by atoms with Crippen molar-refractivity contribution in [3.63, 3.8) is 0 Å². The van der Waals surface area contributed by atoms with Gasteiger partial charge < -0.3 is 18.5 Å². The van der Waals surface area contributed by atoms with E-state index in [1.807, 2.05) is 59.3 Å². The van der Waals surface area contributed by atoms with Crippen molar-refractivity contribution in [2.45, 2.75) is 13.1 Å². The Morgan fingerprint density at radius 3 is 2.64 bits per heavy atom. The van der Waals surface area contributed by atoms with Gasteiger partial charge in [0.15, 0.2) is 0 Å². The van der Waals surface area contributed by atoms with Crippen molar-refractivity contribution in [1.82, 2.24) is 14.8 Å². The number of methoxy groups -OCH3 is 1. The molecule has 0 atom stereocenters. The summed E-state index contributed by atoms with van der Waals surface area (Å²) in [5.41, 5.74) is 1.47. The second-order valence-electron chi connectivity index (χ2n) is 8.11. The van der Waals surface area contributed by atoms with Crippen LogP contribution in [-0.2, 0) is 22.7 Å². The number of carbonyl (C=O) groups excluding carboxylic acids is 3. The Hall–Kier alpha value is -4.79. The smallest absolute Gasteiger partial charge is 0.331 e. The molecular weight excluding hydrogens is 462 g/mol. The number of imide groups is 2. The number of para-hydroxylation sites is 1. The molecule has 4 aromatic rings. The maximum Gasteiger partial charge on any atom is 0.331 e. The van der Waals surface area contributed by atoms with E-state index in [4.69, 9.17) is 13.9 Å². The summed E-state index contributed by atoms with van der Waals surface area (Å²) in [5, 5.41) is 3.10. The summed E-state index contributed by atoms with van der Waals surface area (Å²) < 4.78 is 18.4. The zero-order valence-corrected chi connectivity index (χ0v) is 19.5. The zero-order valence-electron chi connectivity index (χ0n) is 19.5. The lowest BCUT2D eigenvalue weighted by molar-refractivity contribution is -0.130. The second kappa shape index (κ2) is 9.83. The molecule has 0 spiro atoms. The van der Waals surface area contributed by atoms with Crippen LogP contribution in [0.1, 0.15) is 11.3 Å². The van der Waals surface area contributed by atoms with Crippen molar-refractivity contribution in [2.75, 3.05) is 13.7 Å². The topological polar surface area (TPSA) is 103 Å². The van der Waals surface area contributed by atoms with Gasteiger partial charge in [-0.25, -0.2) is 4.79 Å². The van der Waals surface area contributed by atoms with Gasteiger partial charge in [0.2, 0.25) is 0 Å². The number of barbiturate groups is 1. The fourth-order valence-electron chi connectivity index (χ4n) is 4.08. The van der Waals surface area contributed by atoms with Crippen molar-refractivity contribution >= 4 is 34.8 Å². The van der Waals surface area contributed by atoms with E-state index in [0.29, 0.717) is 36.0 Å². The molecule has 9 heteroatoms. The number of amides is 4. The van der Waals surface area contributed by atoms with Gasteiger partial charge in [0.1, 0.15) is 29.4 Å². The fraction of sp³-hybridized carbons (Fsp3) is 0.148. The number of carbonyl (C=O) groups is 3. The van der Waals surface area contributed by atoms with Crippen molar-refractivity contribution in [2.24, 2.45) is 0 Å². The van der Waals surface area contributed by atoms with Crippen LogP contribution in [0.15, 0.2) is 83.1 Å². The van der Waals surface area contributed by atoms with Gasteiger partial charge in [-0.2, -0.15) is 0 Å². The Morgan fingerprint density at radius 2 is 1.83 bits per heavy atom. The van der Waals surface area contributed by atoms with Crippen LogP contribution in [-0.4, -0.2) is 41.0 Å². The first kappa shape index (κ1) is 23.0. The minimum atomic E-state index is -0.782. The molecular formula is C27H23N3O6. The molecule has 9 nitrogen and oxygen atoms in total. The van der Waals surface area contributed by atoms with Gasteiger partial charge in [-0.05, 0) is 36.4 Å². The van der Waals surface area contributed by atoms with Crippen LogP contribution in [0.5, 0.6) is 11.5 Å². The standard InChI is InChI=1S/C27H23N3O6/c1-34-19-6-4-7-20(15-19)36-13-11-29-16-18(22-9-2-3-10-24(22)29)14-23-25(31)28-27(33)30(26(23)32)17-21-8-5-12-35-21/h2-10,12,14-16H,11,13,17H2,1H3,(H,28,31,33). The third-order valence-electron chi connectivity index (χ3n) is 5.84. The molecule has 5 rings (SSSR count). The Labute approximate surface area is 206 Å². The number of nitrogens with one attached hydrogen (secondary N) is 1. The normalized spacial score (nSPS) is 15.0. The summed E-state index contributed by atoms with van der Waals surface area (Å²) in [6.45, 7) is 0.850. The number of urea groups is 1. The highest BCUT2D eigenvalue weighted by Gasteiger charge is 2.36. The molecule has 1 saturated heterocycles. The number of hydrogen-bond donors (Lipinski definition) is 1. The summed E-state index contributed by atoms with van der Waals surface area (Å²) in [6, 6.07) is 17.6. The summed E-state index contributed by atoms with van der Waals surface area (Å²) in [6.07, 6.45) is 4.83. The number of fused-ring (bicyclic) bond motifs is 1. The lowest BCUT2D eigenvalue weighted by atomic mass is 10.1. The fourth-order valence-corrected chi connectivity index (χ4v) is 4.08. The minimum Gasteiger partial charge on any atom is -0.497 e. The highest BCUT2D eigenvalue weighted by molar-refractivity contribution is 6.31. The average molecular weight is 485 g/mol. The van der Waals surface area contributed by atoms with Crippen LogP contribution in [0, 0.1) is 0 Å².